The Balaban J connectivity index is 2.03. The molecular formula is C18H19BrN2O5S2. The van der Waals surface area contributed by atoms with Gasteiger partial charge < -0.3 is 0 Å². The van der Waals surface area contributed by atoms with Gasteiger partial charge >= 0.3 is 0 Å². The first-order valence-corrected chi connectivity index (χ1v) is 12.3. The number of amides is 1. The van der Waals surface area contributed by atoms with E-state index in [9.17, 15) is 21.6 Å². The van der Waals surface area contributed by atoms with E-state index in [2.05, 4.69) is 20.7 Å². The normalized spacial score (nSPS) is 16.4. The van der Waals surface area contributed by atoms with Crippen molar-refractivity contribution < 1.29 is 21.6 Å². The number of sulfonamides is 2. The number of nitrogens with one attached hydrogen (secondary N) is 1. The molecule has 0 aromatic heterocycles. The van der Waals surface area contributed by atoms with Gasteiger partial charge in [0.05, 0.1) is 16.3 Å². The Morgan fingerprint density at radius 2 is 1.64 bits per heavy atom. The van der Waals surface area contributed by atoms with Crippen molar-refractivity contribution >= 4 is 53.3 Å². The van der Waals surface area contributed by atoms with Crippen LogP contribution in [-0.2, 0) is 24.8 Å². The summed E-state index contributed by atoms with van der Waals surface area (Å²) in [5, 5.41) is 0. The molecule has 1 aliphatic rings. The highest BCUT2D eigenvalue weighted by molar-refractivity contribution is 9.10. The Kier molecular flexibility index (Phi) is 5.32. The smallest absolute Gasteiger partial charge is 0.262 e. The summed E-state index contributed by atoms with van der Waals surface area (Å²) in [6.45, 7) is 5.04. The van der Waals surface area contributed by atoms with Crippen LogP contribution in [0.25, 0.3) is 0 Å². The molecule has 1 fully saturated rings. The van der Waals surface area contributed by atoms with Gasteiger partial charge in [-0.05, 0) is 61.7 Å². The summed E-state index contributed by atoms with van der Waals surface area (Å²) in [5.74, 6) is -0.759. The number of hydrogen-bond acceptors (Lipinski definition) is 5. The molecule has 3 rings (SSSR count). The molecule has 0 aliphatic carbocycles. The second-order valence-corrected chi connectivity index (χ2v) is 11.1. The van der Waals surface area contributed by atoms with E-state index in [-0.39, 0.29) is 22.8 Å². The van der Waals surface area contributed by atoms with Gasteiger partial charge in [-0.3, -0.25) is 9.52 Å². The minimum atomic E-state index is -3.91. The lowest BCUT2D eigenvalue weighted by atomic mass is 10.1. The first kappa shape index (κ1) is 20.8. The Labute approximate surface area is 173 Å². The molecule has 0 saturated carbocycles. The number of carbonyl (C=O) groups excluding carboxylic acids is 1. The van der Waals surface area contributed by atoms with Crippen LogP contribution in [0.5, 0.6) is 0 Å². The van der Waals surface area contributed by atoms with Crippen molar-refractivity contribution in [1.29, 1.82) is 0 Å². The van der Waals surface area contributed by atoms with Crippen molar-refractivity contribution in [2.45, 2.75) is 32.1 Å². The molecular weight excluding hydrogens is 468 g/mol. The fourth-order valence-electron chi connectivity index (χ4n) is 3.20. The predicted octanol–water partition coefficient (Wildman–Crippen LogP) is 3.24. The van der Waals surface area contributed by atoms with Crippen LogP contribution < -0.4 is 9.03 Å². The summed E-state index contributed by atoms with van der Waals surface area (Å²) >= 11 is 3.37. The van der Waals surface area contributed by atoms with Crippen molar-refractivity contribution in [3.05, 3.63) is 51.5 Å². The zero-order valence-corrected chi connectivity index (χ0v) is 18.7. The number of carbonyl (C=O) groups is 1. The van der Waals surface area contributed by atoms with Crippen LogP contribution in [0.1, 0.15) is 23.1 Å². The van der Waals surface area contributed by atoms with Gasteiger partial charge in [0.1, 0.15) is 0 Å². The SMILES string of the molecule is Cc1ccc(NS(=O)(=O)c2c(C)cc(N3C(=O)CCS3(=O)=O)cc2C)cc1Br. The van der Waals surface area contributed by atoms with Gasteiger partial charge in [0.2, 0.25) is 15.9 Å². The van der Waals surface area contributed by atoms with E-state index >= 15 is 0 Å². The Bertz CT molecular complexity index is 1170. The van der Waals surface area contributed by atoms with E-state index < -0.39 is 26.0 Å². The Morgan fingerprint density at radius 3 is 2.14 bits per heavy atom. The van der Waals surface area contributed by atoms with Gasteiger partial charge in [0.15, 0.2) is 0 Å². The molecule has 1 aliphatic heterocycles. The molecule has 1 saturated heterocycles. The average Bonchev–Trinajstić information content (AvgIpc) is 2.82. The standard InChI is InChI=1S/C18H19BrN2O5S2/c1-11-4-5-14(10-16(11)19)20-28(25,26)18-12(2)8-15(9-13(18)3)21-17(22)6-7-27(21,23)24/h4-5,8-10,20H,6-7H2,1-3H3. The molecule has 1 N–H and O–H groups in total. The molecule has 1 heterocycles. The number of hydrogen-bond donors (Lipinski definition) is 1. The van der Waals surface area contributed by atoms with Crippen LogP contribution in [0.3, 0.4) is 0 Å². The van der Waals surface area contributed by atoms with E-state index in [4.69, 9.17) is 0 Å². The molecule has 2 aromatic carbocycles. The molecule has 28 heavy (non-hydrogen) atoms. The summed E-state index contributed by atoms with van der Waals surface area (Å²) in [7, 11) is -7.63. The molecule has 2 aromatic rings. The number of benzene rings is 2. The Hall–Kier alpha value is -1.91. The number of aryl methyl sites for hydroxylation is 3. The lowest BCUT2D eigenvalue weighted by Gasteiger charge is -2.19. The minimum absolute atomic E-state index is 0.0528. The summed E-state index contributed by atoms with van der Waals surface area (Å²) in [4.78, 5) is 12.1. The molecule has 0 atom stereocenters. The van der Waals surface area contributed by atoms with Gasteiger partial charge in [-0.2, -0.15) is 0 Å². The van der Waals surface area contributed by atoms with E-state index in [0.29, 0.717) is 16.8 Å². The zero-order valence-electron chi connectivity index (χ0n) is 15.5. The summed E-state index contributed by atoms with van der Waals surface area (Å²) in [6, 6.07) is 7.93. The van der Waals surface area contributed by atoms with Crippen molar-refractivity contribution in [1.82, 2.24) is 0 Å². The fraction of sp³-hybridized carbons (Fsp3) is 0.278. The van der Waals surface area contributed by atoms with Crippen LogP contribution in [0.4, 0.5) is 11.4 Å². The maximum atomic E-state index is 12.9. The largest absolute Gasteiger partial charge is 0.280 e. The van der Waals surface area contributed by atoms with Crippen LogP contribution in [0.15, 0.2) is 39.7 Å². The lowest BCUT2D eigenvalue weighted by molar-refractivity contribution is -0.116. The van der Waals surface area contributed by atoms with Crippen molar-refractivity contribution in [3.8, 4) is 0 Å². The first-order chi connectivity index (χ1) is 12.9. The summed E-state index contributed by atoms with van der Waals surface area (Å²) in [5.41, 5.74) is 2.23. The molecule has 0 unspecified atom stereocenters. The van der Waals surface area contributed by atoms with Gasteiger partial charge in [0, 0.05) is 16.6 Å². The fourth-order valence-corrected chi connectivity index (χ4v) is 6.53. The Morgan fingerprint density at radius 1 is 1.04 bits per heavy atom. The van der Waals surface area contributed by atoms with Crippen LogP contribution in [0.2, 0.25) is 0 Å². The van der Waals surface area contributed by atoms with Crippen molar-refractivity contribution in [3.63, 3.8) is 0 Å². The third-order valence-electron chi connectivity index (χ3n) is 4.45. The minimum Gasteiger partial charge on any atom is -0.280 e. The molecule has 7 nitrogen and oxygen atoms in total. The number of nitrogens with zero attached hydrogens (tertiary/aromatic N) is 1. The van der Waals surface area contributed by atoms with Gasteiger partial charge in [0.25, 0.3) is 10.0 Å². The molecule has 0 spiro atoms. The lowest BCUT2D eigenvalue weighted by Crippen LogP contribution is -2.29. The zero-order chi connectivity index (χ0) is 20.9. The number of halogens is 1. The highest BCUT2D eigenvalue weighted by Crippen LogP contribution is 2.32. The third-order valence-corrected chi connectivity index (χ3v) is 8.68. The summed E-state index contributed by atoms with van der Waals surface area (Å²) in [6.07, 6.45) is -0.0790. The topological polar surface area (TPSA) is 101 Å². The predicted molar refractivity (Wildman–Crippen MR) is 111 cm³/mol. The van der Waals surface area contributed by atoms with E-state index in [1.165, 1.54) is 12.1 Å². The number of anilines is 2. The van der Waals surface area contributed by atoms with Gasteiger partial charge in [-0.15, -0.1) is 0 Å². The van der Waals surface area contributed by atoms with Crippen LogP contribution in [0, 0.1) is 20.8 Å². The van der Waals surface area contributed by atoms with Gasteiger partial charge in [-0.25, -0.2) is 21.1 Å². The van der Waals surface area contributed by atoms with E-state index in [1.807, 2.05) is 6.92 Å². The quantitative estimate of drug-likeness (QED) is 0.714. The highest BCUT2D eigenvalue weighted by Gasteiger charge is 2.37. The van der Waals surface area contributed by atoms with E-state index in [0.717, 1.165) is 14.3 Å². The second kappa shape index (κ2) is 7.16. The first-order valence-electron chi connectivity index (χ1n) is 8.38. The maximum absolute atomic E-state index is 12.9. The highest BCUT2D eigenvalue weighted by atomic mass is 79.9. The molecule has 150 valence electrons. The molecule has 10 heteroatoms. The van der Waals surface area contributed by atoms with Crippen LogP contribution in [-0.4, -0.2) is 28.5 Å². The van der Waals surface area contributed by atoms with E-state index in [1.54, 1.807) is 32.0 Å². The van der Waals surface area contributed by atoms with Crippen LogP contribution >= 0.6 is 15.9 Å². The molecule has 0 bridgehead atoms. The second-order valence-electron chi connectivity index (χ2n) is 6.70. The maximum Gasteiger partial charge on any atom is 0.262 e. The van der Waals surface area contributed by atoms with Gasteiger partial charge in [-0.1, -0.05) is 22.0 Å². The average molecular weight is 487 g/mol. The van der Waals surface area contributed by atoms with Crippen molar-refractivity contribution in [2.75, 3.05) is 14.8 Å². The molecule has 0 radical (unpaired) electrons. The third kappa shape index (κ3) is 3.81. The van der Waals surface area contributed by atoms with Crippen molar-refractivity contribution in [2.24, 2.45) is 0 Å². The number of rotatable bonds is 4. The monoisotopic (exact) mass is 486 g/mol. The molecule has 1 amide bonds. The summed E-state index contributed by atoms with van der Waals surface area (Å²) < 4.78 is 54.2.